The van der Waals surface area contributed by atoms with Crippen molar-refractivity contribution in [2.24, 2.45) is 0 Å². The fourth-order valence-electron chi connectivity index (χ4n) is 4.72. The van der Waals surface area contributed by atoms with Crippen molar-refractivity contribution in [1.82, 2.24) is 0 Å². The van der Waals surface area contributed by atoms with Crippen LogP contribution in [0.4, 0.5) is 74.6 Å². The number of halogens is 17. The number of rotatable bonds is 4. The lowest BCUT2D eigenvalue weighted by molar-refractivity contribution is 0.380. The summed E-state index contributed by atoms with van der Waals surface area (Å²) in [5, 5.41) is 0. The molecule has 0 aromatic heterocycles. The lowest BCUT2D eigenvalue weighted by Gasteiger charge is -2.44. The van der Waals surface area contributed by atoms with E-state index in [0.29, 0.717) is 0 Å². The third kappa shape index (κ3) is 3.94. The van der Waals surface area contributed by atoms with E-state index in [1.807, 2.05) is 0 Å². The van der Waals surface area contributed by atoms with Crippen molar-refractivity contribution in [3.63, 3.8) is 0 Å². The predicted molar refractivity (Wildman–Crippen MR) is 109 cm³/mol. The third-order valence-electron chi connectivity index (χ3n) is 6.47. The van der Waals surface area contributed by atoms with E-state index in [1.165, 1.54) is 0 Å². The van der Waals surface area contributed by atoms with E-state index in [2.05, 4.69) is 0 Å². The van der Waals surface area contributed by atoms with Crippen LogP contribution in [0.25, 0.3) is 0 Å². The van der Waals surface area contributed by atoms with E-state index in [-0.39, 0.29) is 12.1 Å². The molecule has 0 saturated heterocycles. The maximum atomic E-state index is 15.3. The van der Waals surface area contributed by atoms with E-state index in [4.69, 9.17) is 0 Å². The van der Waals surface area contributed by atoms with E-state index < -0.39 is 133 Å². The molecule has 0 amide bonds. The van der Waals surface area contributed by atoms with Gasteiger partial charge >= 0.3 is 0 Å². The number of benzene rings is 4. The molecule has 4 rings (SSSR count). The molecule has 0 spiro atoms. The van der Waals surface area contributed by atoms with Crippen molar-refractivity contribution in [1.29, 1.82) is 0 Å². The van der Waals surface area contributed by atoms with Gasteiger partial charge in [-0.05, 0) is 6.07 Å². The molecule has 0 atom stereocenters. The van der Waals surface area contributed by atoms with E-state index in [1.54, 1.807) is 0 Å². The Morgan fingerprint density at radius 2 is 0.524 bits per heavy atom. The van der Waals surface area contributed by atoms with Crippen LogP contribution in [0, 0.1) is 98.9 Å². The van der Waals surface area contributed by atoms with Crippen molar-refractivity contribution in [2.45, 2.75) is 0 Å². The molecule has 0 bridgehead atoms. The fraction of sp³-hybridized carbons (Fsp3) is 0. The monoisotopic (exact) mass is 625 g/mol. The molecule has 0 aliphatic carbocycles. The molecule has 0 nitrogen and oxygen atoms in total. The smallest absolute Gasteiger partial charge is 0.200 e. The summed E-state index contributed by atoms with van der Waals surface area (Å²) >= 11 is 0. The second-order valence-corrected chi connectivity index (χ2v) is 8.49. The highest BCUT2D eigenvalue weighted by Crippen LogP contribution is 2.28. The second kappa shape index (κ2) is 10.2. The highest BCUT2D eigenvalue weighted by molar-refractivity contribution is 7.20. The summed E-state index contributed by atoms with van der Waals surface area (Å²) in [5.74, 6) is -52.4. The first-order valence-corrected chi connectivity index (χ1v) is 10.6. The highest BCUT2D eigenvalue weighted by atomic mass is 19.2. The van der Waals surface area contributed by atoms with Crippen LogP contribution >= 0.6 is 0 Å². The van der Waals surface area contributed by atoms with Gasteiger partial charge in [0.25, 0.3) is 0 Å². The van der Waals surface area contributed by atoms with Crippen LogP contribution in [-0.4, -0.2) is 6.15 Å². The van der Waals surface area contributed by atoms with Crippen LogP contribution in [-0.2, 0) is 0 Å². The number of hydrogen-bond acceptors (Lipinski definition) is 0. The Kier molecular flexibility index (Phi) is 7.48. The van der Waals surface area contributed by atoms with Crippen molar-refractivity contribution in [2.75, 3.05) is 0 Å². The molecular formula is C24H3BF17-. The zero-order valence-electron chi connectivity index (χ0n) is 19.2. The van der Waals surface area contributed by atoms with Crippen molar-refractivity contribution in [3.05, 3.63) is 117 Å². The SMILES string of the molecule is Fc1ccc([B-](c2c(F)c(F)c(F)c(F)c2F)(c2c(F)c(F)c(F)c(F)c2F)c2c(F)c(F)c(F)c(F)c2F)cc1F. The van der Waals surface area contributed by atoms with E-state index in [0.717, 1.165) is 0 Å². The van der Waals surface area contributed by atoms with E-state index >= 15 is 26.3 Å². The average Bonchev–Trinajstić information content (AvgIpc) is 2.96. The molecule has 0 unspecified atom stereocenters. The van der Waals surface area contributed by atoms with Gasteiger partial charge in [0.15, 0.2) is 64.0 Å². The van der Waals surface area contributed by atoms with Crippen molar-refractivity contribution in [3.8, 4) is 0 Å². The molecule has 0 heterocycles. The average molecular weight is 625 g/mol. The van der Waals surface area contributed by atoms with Crippen LogP contribution in [0.1, 0.15) is 0 Å². The van der Waals surface area contributed by atoms with Crippen LogP contribution in [0.15, 0.2) is 18.2 Å². The topological polar surface area (TPSA) is 0 Å². The van der Waals surface area contributed by atoms with Gasteiger partial charge < -0.3 is 0 Å². The molecule has 0 N–H and O–H groups in total. The van der Waals surface area contributed by atoms with Gasteiger partial charge in [-0.25, -0.2) is 74.6 Å². The molecule has 222 valence electrons. The minimum atomic E-state index is -6.16. The Bertz CT molecular complexity index is 1560. The summed E-state index contributed by atoms with van der Waals surface area (Å²) in [6.07, 6.45) is -6.16. The summed E-state index contributed by atoms with van der Waals surface area (Å²) in [5.41, 5.74) is -10.8. The molecular weight excluding hydrogens is 622 g/mol. The first-order chi connectivity index (χ1) is 19.4. The summed E-state index contributed by atoms with van der Waals surface area (Å²) in [4.78, 5) is 0. The van der Waals surface area contributed by atoms with Gasteiger partial charge in [-0.3, -0.25) is 0 Å². The van der Waals surface area contributed by atoms with E-state index in [9.17, 15) is 48.3 Å². The lowest BCUT2D eigenvalue weighted by atomic mass is 9.12. The van der Waals surface area contributed by atoms with Gasteiger partial charge in [0.2, 0.25) is 0 Å². The second-order valence-electron chi connectivity index (χ2n) is 8.49. The zero-order valence-corrected chi connectivity index (χ0v) is 19.2. The normalized spacial score (nSPS) is 11.9. The molecule has 0 aliphatic rings. The minimum Gasteiger partial charge on any atom is -0.207 e. The van der Waals surface area contributed by atoms with Crippen LogP contribution < -0.4 is 21.9 Å². The molecule has 0 fully saturated rings. The molecule has 0 radical (unpaired) electrons. The molecule has 4 aromatic rings. The fourth-order valence-corrected chi connectivity index (χ4v) is 4.72. The summed E-state index contributed by atoms with van der Waals surface area (Å²) in [7, 11) is 0. The lowest BCUT2D eigenvalue weighted by Crippen LogP contribution is -2.79. The maximum absolute atomic E-state index is 15.3. The molecule has 0 saturated carbocycles. The van der Waals surface area contributed by atoms with Gasteiger partial charge in [0.05, 0.1) is 0 Å². The van der Waals surface area contributed by atoms with Crippen molar-refractivity contribution < 1.29 is 74.6 Å². The first kappa shape index (κ1) is 30.7. The first-order valence-electron chi connectivity index (χ1n) is 10.6. The maximum Gasteiger partial charge on any atom is 0.200 e. The van der Waals surface area contributed by atoms with Gasteiger partial charge in [-0.15, -0.1) is 16.4 Å². The Hall–Kier alpha value is -4.25. The largest absolute Gasteiger partial charge is 0.207 e. The predicted octanol–water partition coefficient (Wildman–Crippen LogP) is 5.43. The van der Waals surface area contributed by atoms with Crippen molar-refractivity contribution >= 4 is 28.0 Å². The van der Waals surface area contributed by atoms with Gasteiger partial charge in [0.1, 0.15) is 41.0 Å². The Morgan fingerprint density at radius 1 is 0.286 bits per heavy atom. The Labute approximate surface area is 220 Å². The molecule has 18 heteroatoms. The summed E-state index contributed by atoms with van der Waals surface area (Å²) in [6.45, 7) is 0. The highest BCUT2D eigenvalue weighted by Gasteiger charge is 2.49. The summed E-state index contributed by atoms with van der Waals surface area (Å²) in [6, 6.07) is -0.874. The molecule has 4 aromatic carbocycles. The van der Waals surface area contributed by atoms with Gasteiger partial charge in [0, 0.05) is 0 Å². The Morgan fingerprint density at radius 3 is 0.762 bits per heavy atom. The number of hydrogen-bond donors (Lipinski definition) is 0. The quantitative estimate of drug-likeness (QED) is 0.123. The van der Waals surface area contributed by atoms with Crippen LogP contribution in [0.3, 0.4) is 0 Å². The Balaban J connectivity index is 2.58. The third-order valence-corrected chi connectivity index (χ3v) is 6.47. The zero-order chi connectivity index (χ0) is 31.7. The molecule has 42 heavy (non-hydrogen) atoms. The van der Waals surface area contributed by atoms with Crippen LogP contribution in [0.5, 0.6) is 0 Å². The van der Waals surface area contributed by atoms with Gasteiger partial charge in [-0.1, -0.05) is 12.1 Å². The van der Waals surface area contributed by atoms with Crippen LogP contribution in [0.2, 0.25) is 0 Å². The summed E-state index contributed by atoms with van der Waals surface area (Å²) < 4.78 is 248. The molecule has 0 aliphatic heterocycles. The standard InChI is InChI=1S/C24H3BF17/c26-5-2-1-4(3-6(5)27)25(7-10(28)16(34)22(40)17(35)11(7)29,8-12(30)18(36)23(41)19(37)13(8)31)9-14(32)20(38)24(42)21(39)15(9)33/h1-3H/q-1. The van der Waals surface area contributed by atoms with Gasteiger partial charge in [-0.2, -0.15) is 5.46 Å². The minimum absolute atomic E-state index is 0.160.